The van der Waals surface area contributed by atoms with Gasteiger partial charge in [-0.25, -0.2) is 0 Å². The van der Waals surface area contributed by atoms with E-state index in [0.29, 0.717) is 23.9 Å². The largest absolute Gasteiger partial charge is 0.393 e. The van der Waals surface area contributed by atoms with Gasteiger partial charge in [-0.1, -0.05) is 11.2 Å². The van der Waals surface area contributed by atoms with Crippen molar-refractivity contribution in [3.8, 4) is 10.6 Å². The fraction of sp³-hybridized carbons (Fsp3) is 0.429. The molecule has 2 heterocycles. The van der Waals surface area contributed by atoms with Crippen LogP contribution in [0.4, 0.5) is 0 Å². The van der Waals surface area contributed by atoms with Gasteiger partial charge in [0.25, 0.3) is 5.91 Å². The second-order valence-electron chi connectivity index (χ2n) is 5.23. The van der Waals surface area contributed by atoms with Crippen LogP contribution in [0.15, 0.2) is 28.1 Å². The van der Waals surface area contributed by atoms with E-state index >= 15 is 0 Å². The van der Waals surface area contributed by atoms with Crippen molar-refractivity contribution in [3.63, 3.8) is 0 Å². The molecule has 3 rings (SSSR count). The normalized spacial score (nSPS) is 21.5. The minimum absolute atomic E-state index is 0.141. The SMILES string of the molecule is CN(CC1CC(O)C1)C(=O)c1cc(-c2cccs2)on1. The van der Waals surface area contributed by atoms with Crippen LogP contribution in [0.3, 0.4) is 0 Å². The van der Waals surface area contributed by atoms with Gasteiger partial charge >= 0.3 is 0 Å². The van der Waals surface area contributed by atoms with E-state index < -0.39 is 0 Å². The Bertz CT molecular complexity index is 587. The van der Waals surface area contributed by atoms with Crippen molar-refractivity contribution in [1.82, 2.24) is 10.1 Å². The van der Waals surface area contributed by atoms with Crippen LogP contribution < -0.4 is 0 Å². The van der Waals surface area contributed by atoms with Gasteiger partial charge in [0.1, 0.15) is 0 Å². The first-order valence-corrected chi connectivity index (χ1v) is 7.45. The second-order valence-corrected chi connectivity index (χ2v) is 6.18. The minimum atomic E-state index is -0.194. The smallest absolute Gasteiger partial charge is 0.275 e. The molecule has 0 atom stereocenters. The lowest BCUT2D eigenvalue weighted by Crippen LogP contribution is -2.39. The molecule has 1 fully saturated rings. The quantitative estimate of drug-likeness (QED) is 0.938. The second kappa shape index (κ2) is 5.38. The van der Waals surface area contributed by atoms with Gasteiger partial charge in [-0.2, -0.15) is 0 Å². The summed E-state index contributed by atoms with van der Waals surface area (Å²) in [4.78, 5) is 14.8. The molecule has 2 aromatic rings. The Morgan fingerprint density at radius 3 is 3.05 bits per heavy atom. The molecule has 1 saturated carbocycles. The Morgan fingerprint density at radius 1 is 1.60 bits per heavy atom. The Balaban J connectivity index is 1.65. The summed E-state index contributed by atoms with van der Waals surface area (Å²) < 4.78 is 5.22. The first-order valence-electron chi connectivity index (χ1n) is 6.57. The third kappa shape index (κ3) is 2.62. The average Bonchev–Trinajstić information content (AvgIpc) is 3.06. The van der Waals surface area contributed by atoms with Crippen LogP contribution in [0.25, 0.3) is 10.6 Å². The lowest BCUT2D eigenvalue weighted by atomic mass is 9.82. The van der Waals surface area contributed by atoms with Crippen LogP contribution in [0.2, 0.25) is 0 Å². The van der Waals surface area contributed by atoms with Gasteiger partial charge in [-0.05, 0) is 30.2 Å². The molecule has 0 unspecified atom stereocenters. The Kier molecular flexibility index (Phi) is 3.58. The van der Waals surface area contributed by atoms with E-state index in [1.54, 1.807) is 29.4 Å². The number of hydrogen-bond donors (Lipinski definition) is 1. The first kappa shape index (κ1) is 13.3. The fourth-order valence-corrected chi connectivity index (χ4v) is 3.10. The summed E-state index contributed by atoms with van der Waals surface area (Å²) >= 11 is 1.55. The van der Waals surface area contributed by atoms with Gasteiger partial charge in [0, 0.05) is 19.7 Å². The van der Waals surface area contributed by atoms with Gasteiger partial charge in [0.05, 0.1) is 11.0 Å². The van der Waals surface area contributed by atoms with Gasteiger partial charge < -0.3 is 14.5 Å². The lowest BCUT2D eigenvalue weighted by Gasteiger charge is -2.34. The summed E-state index contributed by atoms with van der Waals surface area (Å²) in [6.45, 7) is 0.650. The molecule has 1 aliphatic carbocycles. The van der Waals surface area contributed by atoms with Crippen LogP contribution in [0.5, 0.6) is 0 Å². The van der Waals surface area contributed by atoms with Crippen molar-refractivity contribution in [2.45, 2.75) is 18.9 Å². The zero-order chi connectivity index (χ0) is 14.1. The molecule has 0 aromatic carbocycles. The van der Waals surface area contributed by atoms with Gasteiger partial charge in [-0.15, -0.1) is 11.3 Å². The Labute approximate surface area is 120 Å². The molecule has 1 N–H and O–H groups in total. The van der Waals surface area contributed by atoms with E-state index in [0.717, 1.165) is 17.7 Å². The fourth-order valence-electron chi connectivity index (χ4n) is 2.43. The van der Waals surface area contributed by atoms with E-state index in [4.69, 9.17) is 4.52 Å². The molecule has 0 bridgehead atoms. The predicted molar refractivity (Wildman–Crippen MR) is 75.5 cm³/mol. The van der Waals surface area contributed by atoms with E-state index in [1.807, 2.05) is 17.5 Å². The Morgan fingerprint density at radius 2 is 2.40 bits per heavy atom. The Hall–Kier alpha value is -1.66. The molecule has 1 amide bonds. The van der Waals surface area contributed by atoms with Crippen LogP contribution in [0.1, 0.15) is 23.3 Å². The van der Waals surface area contributed by atoms with Crippen LogP contribution in [-0.4, -0.2) is 40.8 Å². The highest BCUT2D eigenvalue weighted by molar-refractivity contribution is 7.13. The van der Waals surface area contributed by atoms with Gasteiger partial charge in [0.2, 0.25) is 0 Å². The van der Waals surface area contributed by atoms with E-state index in [9.17, 15) is 9.90 Å². The van der Waals surface area contributed by atoms with Crippen molar-refractivity contribution >= 4 is 17.2 Å². The van der Waals surface area contributed by atoms with E-state index in [2.05, 4.69) is 5.16 Å². The molecule has 0 radical (unpaired) electrons. The molecule has 106 valence electrons. The summed E-state index contributed by atoms with van der Waals surface area (Å²) in [6, 6.07) is 5.54. The maximum absolute atomic E-state index is 12.2. The number of nitrogens with zero attached hydrogens (tertiary/aromatic N) is 2. The van der Waals surface area contributed by atoms with Crippen molar-refractivity contribution in [3.05, 3.63) is 29.3 Å². The topological polar surface area (TPSA) is 66.6 Å². The number of carbonyl (C=O) groups excluding carboxylic acids is 1. The molecular weight excluding hydrogens is 276 g/mol. The molecule has 1 aliphatic rings. The highest BCUT2D eigenvalue weighted by atomic mass is 32.1. The number of carbonyl (C=O) groups is 1. The van der Waals surface area contributed by atoms with Crippen LogP contribution >= 0.6 is 11.3 Å². The van der Waals surface area contributed by atoms with Gasteiger partial charge in [0.15, 0.2) is 11.5 Å². The first-order chi connectivity index (χ1) is 9.63. The summed E-state index contributed by atoms with van der Waals surface area (Å²) in [5.41, 5.74) is 0.329. The number of aliphatic hydroxyl groups excluding tert-OH is 1. The molecule has 6 heteroatoms. The summed E-state index contributed by atoms with van der Waals surface area (Å²) in [5.74, 6) is 0.872. The zero-order valence-electron chi connectivity index (χ0n) is 11.2. The summed E-state index contributed by atoms with van der Waals surface area (Å²) in [5, 5.41) is 15.1. The molecule has 0 spiro atoms. The van der Waals surface area contributed by atoms with Crippen LogP contribution in [0, 0.1) is 5.92 Å². The highest BCUT2D eigenvalue weighted by Gasteiger charge is 2.30. The van der Waals surface area contributed by atoms with Crippen molar-refractivity contribution < 1.29 is 14.4 Å². The van der Waals surface area contributed by atoms with E-state index in [1.165, 1.54) is 0 Å². The molecular formula is C14H16N2O3S. The standard InChI is InChI=1S/C14H16N2O3S/c1-16(8-9-5-10(17)6-9)14(18)11-7-12(19-15-11)13-3-2-4-20-13/h2-4,7,9-10,17H,5-6,8H2,1H3. The molecule has 0 aliphatic heterocycles. The lowest BCUT2D eigenvalue weighted by molar-refractivity contribution is 0.0263. The van der Waals surface area contributed by atoms with Gasteiger partial charge in [-0.3, -0.25) is 4.79 Å². The third-order valence-corrected chi connectivity index (χ3v) is 4.47. The molecule has 0 saturated heterocycles. The maximum Gasteiger partial charge on any atom is 0.275 e. The molecule has 5 nitrogen and oxygen atoms in total. The number of hydrogen-bond acceptors (Lipinski definition) is 5. The number of rotatable bonds is 4. The number of aliphatic hydroxyl groups is 1. The third-order valence-electron chi connectivity index (χ3n) is 3.58. The predicted octanol–water partition coefficient (Wildman–Crippen LogP) is 2.25. The van der Waals surface area contributed by atoms with E-state index in [-0.39, 0.29) is 12.0 Å². The maximum atomic E-state index is 12.2. The average molecular weight is 292 g/mol. The molecule has 2 aromatic heterocycles. The number of thiophene rings is 1. The summed E-state index contributed by atoms with van der Waals surface area (Å²) in [6.07, 6.45) is 1.36. The number of aromatic nitrogens is 1. The molecule has 20 heavy (non-hydrogen) atoms. The van der Waals surface area contributed by atoms with Crippen LogP contribution in [-0.2, 0) is 0 Å². The highest BCUT2D eigenvalue weighted by Crippen LogP contribution is 2.28. The minimum Gasteiger partial charge on any atom is -0.393 e. The van der Waals surface area contributed by atoms with Crippen molar-refractivity contribution in [2.24, 2.45) is 5.92 Å². The zero-order valence-corrected chi connectivity index (χ0v) is 12.0. The monoisotopic (exact) mass is 292 g/mol. The van der Waals surface area contributed by atoms with Crippen molar-refractivity contribution in [1.29, 1.82) is 0 Å². The summed E-state index contributed by atoms with van der Waals surface area (Å²) in [7, 11) is 1.76. The van der Waals surface area contributed by atoms with Crippen molar-refractivity contribution in [2.75, 3.05) is 13.6 Å². The number of amides is 1.